The number of amides is 1. The number of piperidine rings is 1. The molecule has 1 atom stereocenters. The second-order valence-electron chi connectivity index (χ2n) is 6.51. The number of hydrogen-bond acceptors (Lipinski definition) is 2. The Morgan fingerprint density at radius 1 is 1.14 bits per heavy atom. The molecular weight excluding hydrogens is 296 g/mol. The average molecular weight is 323 g/mol. The van der Waals surface area contributed by atoms with Crippen molar-refractivity contribution in [2.45, 2.75) is 51.0 Å². The molecule has 2 aliphatic rings. The van der Waals surface area contributed by atoms with Crippen LogP contribution in [0.2, 0.25) is 0 Å². The molecule has 0 spiro atoms. The molecule has 2 N–H and O–H groups in total. The van der Waals surface area contributed by atoms with E-state index in [1.54, 1.807) is 0 Å². The van der Waals surface area contributed by atoms with E-state index in [1.165, 1.54) is 24.0 Å². The van der Waals surface area contributed by atoms with Crippen LogP contribution in [0.4, 0.5) is 0 Å². The third-order valence-corrected chi connectivity index (χ3v) is 4.95. The number of aryl methyl sites for hydroxylation is 1. The zero-order chi connectivity index (χ0) is 14.5. The molecule has 22 heavy (non-hydrogen) atoms. The van der Waals surface area contributed by atoms with Crippen molar-refractivity contribution >= 4 is 18.3 Å². The normalized spacial score (nSPS) is 21.5. The van der Waals surface area contributed by atoms with Gasteiger partial charge in [-0.2, -0.15) is 0 Å². The fraction of sp³-hybridized carbons (Fsp3) is 0.611. The molecule has 122 valence electrons. The third kappa shape index (κ3) is 4.72. The summed E-state index contributed by atoms with van der Waals surface area (Å²) in [5.41, 5.74) is 2.87. The fourth-order valence-corrected chi connectivity index (χ4v) is 3.63. The van der Waals surface area contributed by atoms with Gasteiger partial charge in [0, 0.05) is 12.5 Å². The van der Waals surface area contributed by atoms with Crippen molar-refractivity contribution in [2.75, 3.05) is 13.1 Å². The molecule has 1 aliphatic heterocycles. The highest BCUT2D eigenvalue weighted by molar-refractivity contribution is 5.85. The lowest BCUT2D eigenvalue weighted by Gasteiger charge is -2.26. The lowest BCUT2D eigenvalue weighted by atomic mass is 9.88. The number of benzene rings is 1. The number of carbonyl (C=O) groups excluding carboxylic acids is 1. The minimum Gasteiger partial charge on any atom is -0.353 e. The highest BCUT2D eigenvalue weighted by Crippen LogP contribution is 2.22. The second kappa shape index (κ2) is 8.54. The quantitative estimate of drug-likeness (QED) is 0.895. The van der Waals surface area contributed by atoms with E-state index in [2.05, 4.69) is 34.9 Å². The molecule has 1 unspecified atom stereocenters. The molecule has 1 fully saturated rings. The summed E-state index contributed by atoms with van der Waals surface area (Å²) in [6, 6.07) is 8.95. The summed E-state index contributed by atoms with van der Waals surface area (Å²) in [6.07, 6.45) is 7.37. The number of carbonyl (C=O) groups is 1. The summed E-state index contributed by atoms with van der Waals surface area (Å²) >= 11 is 0. The molecule has 0 bridgehead atoms. The predicted molar refractivity (Wildman–Crippen MR) is 92.5 cm³/mol. The van der Waals surface area contributed by atoms with Crippen molar-refractivity contribution in [2.24, 2.45) is 5.92 Å². The lowest BCUT2D eigenvalue weighted by Crippen LogP contribution is -2.39. The highest BCUT2D eigenvalue weighted by atomic mass is 35.5. The van der Waals surface area contributed by atoms with Gasteiger partial charge in [-0.05, 0) is 68.7 Å². The Balaban J connectivity index is 0.00000176. The summed E-state index contributed by atoms with van der Waals surface area (Å²) in [5.74, 6) is 0.988. The predicted octanol–water partition coefficient (Wildman–Crippen LogP) is 2.86. The smallest absolute Gasteiger partial charge is 0.220 e. The zero-order valence-electron chi connectivity index (χ0n) is 13.1. The topological polar surface area (TPSA) is 41.1 Å². The van der Waals surface area contributed by atoms with Crippen LogP contribution < -0.4 is 10.6 Å². The molecule has 3 rings (SSSR count). The van der Waals surface area contributed by atoms with Crippen LogP contribution in [0.25, 0.3) is 0 Å². The van der Waals surface area contributed by atoms with Crippen LogP contribution in [0.15, 0.2) is 24.3 Å². The Kier molecular flexibility index (Phi) is 6.71. The number of halogens is 1. The molecule has 4 heteroatoms. The Morgan fingerprint density at radius 3 is 2.64 bits per heavy atom. The standard InChI is InChI=1S/C18H26N2O.ClH/c21-18(8-5-14-9-11-19-12-10-14)20-17-7-6-15-3-1-2-4-16(15)13-17;/h1-4,14,17,19H,5-13H2,(H,20,21);1H. The number of fused-ring (bicyclic) bond motifs is 1. The van der Waals surface area contributed by atoms with E-state index in [0.717, 1.165) is 44.7 Å². The summed E-state index contributed by atoms with van der Waals surface area (Å²) in [5, 5.41) is 6.62. The van der Waals surface area contributed by atoms with Gasteiger partial charge in [-0.3, -0.25) is 4.79 Å². The highest BCUT2D eigenvalue weighted by Gasteiger charge is 2.20. The van der Waals surface area contributed by atoms with Gasteiger partial charge < -0.3 is 10.6 Å². The van der Waals surface area contributed by atoms with Gasteiger partial charge in [0.25, 0.3) is 0 Å². The maximum Gasteiger partial charge on any atom is 0.220 e. The second-order valence-corrected chi connectivity index (χ2v) is 6.51. The third-order valence-electron chi connectivity index (χ3n) is 4.95. The van der Waals surface area contributed by atoms with Crippen LogP contribution in [0.3, 0.4) is 0 Å². The largest absolute Gasteiger partial charge is 0.353 e. The Hall–Kier alpha value is -1.06. The molecule has 0 radical (unpaired) electrons. The molecule has 1 saturated heterocycles. The van der Waals surface area contributed by atoms with E-state index in [0.29, 0.717) is 12.5 Å². The van der Waals surface area contributed by atoms with Gasteiger partial charge in [-0.15, -0.1) is 12.4 Å². The number of nitrogens with one attached hydrogen (secondary N) is 2. The Labute approximate surface area is 139 Å². The number of hydrogen-bond donors (Lipinski definition) is 2. The summed E-state index contributed by atoms with van der Waals surface area (Å²) < 4.78 is 0. The van der Waals surface area contributed by atoms with Crippen molar-refractivity contribution in [1.29, 1.82) is 0 Å². The van der Waals surface area contributed by atoms with Gasteiger partial charge in [0.1, 0.15) is 0 Å². The molecule has 1 aromatic carbocycles. The van der Waals surface area contributed by atoms with Gasteiger partial charge >= 0.3 is 0 Å². The van der Waals surface area contributed by atoms with E-state index in [9.17, 15) is 4.79 Å². The maximum atomic E-state index is 12.1. The molecule has 1 amide bonds. The van der Waals surface area contributed by atoms with Gasteiger partial charge in [-0.1, -0.05) is 24.3 Å². The maximum absolute atomic E-state index is 12.1. The van der Waals surface area contributed by atoms with Gasteiger partial charge in [0.05, 0.1) is 0 Å². The van der Waals surface area contributed by atoms with E-state index in [4.69, 9.17) is 0 Å². The molecule has 1 aliphatic carbocycles. The van der Waals surface area contributed by atoms with Crippen molar-refractivity contribution in [3.63, 3.8) is 0 Å². The zero-order valence-corrected chi connectivity index (χ0v) is 14.0. The first-order chi connectivity index (χ1) is 10.3. The van der Waals surface area contributed by atoms with Crippen LogP contribution >= 0.6 is 12.4 Å². The first kappa shape index (κ1) is 17.3. The van der Waals surface area contributed by atoms with Crippen LogP contribution in [0.5, 0.6) is 0 Å². The van der Waals surface area contributed by atoms with Crippen LogP contribution in [-0.2, 0) is 17.6 Å². The van der Waals surface area contributed by atoms with Crippen molar-refractivity contribution in [3.05, 3.63) is 35.4 Å². The Morgan fingerprint density at radius 2 is 1.86 bits per heavy atom. The average Bonchev–Trinajstić information content (AvgIpc) is 2.54. The molecular formula is C18H27ClN2O. The van der Waals surface area contributed by atoms with Gasteiger partial charge in [0.15, 0.2) is 0 Å². The molecule has 0 saturated carbocycles. The van der Waals surface area contributed by atoms with Gasteiger partial charge in [-0.25, -0.2) is 0 Å². The van der Waals surface area contributed by atoms with Crippen LogP contribution in [0.1, 0.15) is 43.2 Å². The van der Waals surface area contributed by atoms with E-state index in [-0.39, 0.29) is 18.3 Å². The van der Waals surface area contributed by atoms with E-state index in [1.807, 2.05) is 0 Å². The first-order valence-electron chi connectivity index (χ1n) is 8.38. The minimum atomic E-state index is 0. The van der Waals surface area contributed by atoms with Crippen molar-refractivity contribution in [3.8, 4) is 0 Å². The Bertz CT molecular complexity index is 486. The lowest BCUT2D eigenvalue weighted by molar-refractivity contribution is -0.122. The van der Waals surface area contributed by atoms with Crippen LogP contribution in [-0.4, -0.2) is 25.0 Å². The number of rotatable bonds is 4. The van der Waals surface area contributed by atoms with Crippen molar-refractivity contribution < 1.29 is 4.79 Å². The molecule has 0 aromatic heterocycles. The van der Waals surface area contributed by atoms with Gasteiger partial charge in [0.2, 0.25) is 5.91 Å². The summed E-state index contributed by atoms with van der Waals surface area (Å²) in [7, 11) is 0. The van der Waals surface area contributed by atoms with Crippen LogP contribution in [0, 0.1) is 5.92 Å². The van der Waals surface area contributed by atoms with Crippen molar-refractivity contribution in [1.82, 2.24) is 10.6 Å². The fourth-order valence-electron chi connectivity index (χ4n) is 3.63. The van der Waals surface area contributed by atoms with E-state index < -0.39 is 0 Å². The monoisotopic (exact) mass is 322 g/mol. The minimum absolute atomic E-state index is 0. The SMILES string of the molecule is Cl.O=C(CCC1CCNCC1)NC1CCc2ccccc2C1. The molecule has 1 heterocycles. The summed E-state index contributed by atoms with van der Waals surface area (Å²) in [6.45, 7) is 2.23. The summed E-state index contributed by atoms with van der Waals surface area (Å²) in [4.78, 5) is 12.1. The molecule has 1 aromatic rings. The van der Waals surface area contributed by atoms with E-state index >= 15 is 0 Å². The first-order valence-corrected chi connectivity index (χ1v) is 8.38. The molecule has 3 nitrogen and oxygen atoms in total.